The molecule has 12 heavy (non-hydrogen) atoms. The van der Waals surface area contributed by atoms with Gasteiger partial charge in [-0.15, -0.1) is 0 Å². The molecule has 1 aromatic heterocycles. The first-order valence-corrected chi connectivity index (χ1v) is 3.54. The third-order valence-electron chi connectivity index (χ3n) is 1.67. The number of carbonyl (C=O) groups is 1. The van der Waals surface area contributed by atoms with Gasteiger partial charge in [0.15, 0.2) is 5.69 Å². The molecule has 0 aliphatic rings. The van der Waals surface area contributed by atoms with Crippen molar-refractivity contribution >= 4 is 5.97 Å². The lowest BCUT2D eigenvalue weighted by Crippen LogP contribution is -1.99. The van der Waals surface area contributed by atoms with Crippen LogP contribution in [0.15, 0.2) is 0 Å². The average Bonchev–Trinajstić information content (AvgIpc) is 2.34. The largest absolute Gasteiger partial charge is 0.476 e. The van der Waals surface area contributed by atoms with Crippen LogP contribution in [-0.4, -0.2) is 33.0 Å². The van der Waals surface area contributed by atoms with E-state index in [1.165, 1.54) is 0 Å². The standard InChI is InChI=1S/C7H10N2O3/c1-4-5(2-3-10)8-9-6(4)7(11)12/h10H,2-3H2,1H3,(H,8,9)(H,11,12). The molecule has 0 saturated carbocycles. The normalized spacial score (nSPS) is 10.2. The molecule has 0 aromatic carbocycles. The second-order valence-corrected chi connectivity index (χ2v) is 2.45. The molecule has 0 saturated heterocycles. The number of hydrogen-bond donors (Lipinski definition) is 3. The molecule has 0 amide bonds. The molecule has 0 aliphatic carbocycles. The van der Waals surface area contributed by atoms with Gasteiger partial charge in [-0.3, -0.25) is 5.10 Å². The number of aliphatic hydroxyl groups excluding tert-OH is 1. The maximum absolute atomic E-state index is 10.5. The van der Waals surface area contributed by atoms with Gasteiger partial charge >= 0.3 is 5.97 Å². The Balaban J connectivity index is 2.96. The highest BCUT2D eigenvalue weighted by Gasteiger charge is 2.13. The zero-order valence-electron chi connectivity index (χ0n) is 6.66. The number of aromatic carboxylic acids is 1. The average molecular weight is 170 g/mol. The molecule has 0 unspecified atom stereocenters. The van der Waals surface area contributed by atoms with E-state index in [0.717, 1.165) is 0 Å². The number of aromatic amines is 1. The minimum absolute atomic E-state index is 0.0118. The summed E-state index contributed by atoms with van der Waals surface area (Å²) in [7, 11) is 0. The molecule has 5 heteroatoms. The summed E-state index contributed by atoms with van der Waals surface area (Å²) in [4.78, 5) is 10.5. The molecule has 0 aliphatic heterocycles. The molecule has 0 radical (unpaired) electrons. The highest BCUT2D eigenvalue weighted by atomic mass is 16.4. The monoisotopic (exact) mass is 170 g/mol. The second-order valence-electron chi connectivity index (χ2n) is 2.45. The van der Waals surface area contributed by atoms with E-state index in [2.05, 4.69) is 10.2 Å². The number of carboxylic acids is 1. The zero-order chi connectivity index (χ0) is 9.14. The molecule has 3 N–H and O–H groups in total. The number of carboxylic acid groups (broad SMARTS) is 1. The molecule has 66 valence electrons. The number of hydrogen-bond acceptors (Lipinski definition) is 3. The molecule has 0 fully saturated rings. The summed E-state index contributed by atoms with van der Waals surface area (Å²) < 4.78 is 0. The SMILES string of the molecule is Cc1c(C(=O)O)n[nH]c1CCO. The molecule has 5 nitrogen and oxygen atoms in total. The van der Waals surface area contributed by atoms with Crippen molar-refractivity contribution in [1.29, 1.82) is 0 Å². The van der Waals surface area contributed by atoms with Crippen LogP contribution in [-0.2, 0) is 6.42 Å². The fourth-order valence-electron chi connectivity index (χ4n) is 0.997. The van der Waals surface area contributed by atoms with Gasteiger partial charge in [0.25, 0.3) is 0 Å². The molecular weight excluding hydrogens is 160 g/mol. The Hall–Kier alpha value is -1.36. The minimum atomic E-state index is -1.05. The molecule has 0 atom stereocenters. The Morgan fingerprint density at radius 2 is 2.33 bits per heavy atom. The number of nitrogens with zero attached hydrogens (tertiary/aromatic N) is 1. The van der Waals surface area contributed by atoms with E-state index in [-0.39, 0.29) is 12.3 Å². The quantitative estimate of drug-likeness (QED) is 0.593. The molecular formula is C7H10N2O3. The van der Waals surface area contributed by atoms with Crippen molar-refractivity contribution < 1.29 is 15.0 Å². The van der Waals surface area contributed by atoms with E-state index in [9.17, 15) is 4.79 Å². The molecule has 1 heterocycles. The van der Waals surface area contributed by atoms with Gasteiger partial charge < -0.3 is 10.2 Å². The van der Waals surface area contributed by atoms with Crippen LogP contribution in [0.2, 0.25) is 0 Å². The van der Waals surface area contributed by atoms with Gasteiger partial charge in [-0.2, -0.15) is 5.10 Å². The predicted octanol–water partition coefficient (Wildman–Crippen LogP) is -0.0489. The fourth-order valence-corrected chi connectivity index (χ4v) is 0.997. The van der Waals surface area contributed by atoms with Crippen LogP contribution < -0.4 is 0 Å². The summed E-state index contributed by atoms with van der Waals surface area (Å²) in [5.74, 6) is -1.05. The van der Waals surface area contributed by atoms with Gasteiger partial charge in [0, 0.05) is 24.3 Å². The number of aliphatic hydroxyl groups is 1. The summed E-state index contributed by atoms with van der Waals surface area (Å²) >= 11 is 0. The number of rotatable bonds is 3. The zero-order valence-corrected chi connectivity index (χ0v) is 6.66. The van der Waals surface area contributed by atoms with Gasteiger partial charge in [-0.1, -0.05) is 0 Å². The Morgan fingerprint density at radius 3 is 2.75 bits per heavy atom. The van der Waals surface area contributed by atoms with E-state index in [0.29, 0.717) is 17.7 Å². The van der Waals surface area contributed by atoms with Crippen molar-refractivity contribution in [3.8, 4) is 0 Å². The first-order valence-electron chi connectivity index (χ1n) is 3.54. The van der Waals surface area contributed by atoms with Crippen molar-refractivity contribution in [2.24, 2.45) is 0 Å². The number of nitrogens with one attached hydrogen (secondary N) is 1. The van der Waals surface area contributed by atoms with Crippen LogP contribution in [0.5, 0.6) is 0 Å². The maximum Gasteiger partial charge on any atom is 0.356 e. The summed E-state index contributed by atoms with van der Waals surface area (Å²) in [6.07, 6.45) is 0.409. The van der Waals surface area contributed by atoms with Crippen LogP contribution in [0.25, 0.3) is 0 Å². The van der Waals surface area contributed by atoms with Crippen LogP contribution in [0.3, 0.4) is 0 Å². The summed E-state index contributed by atoms with van der Waals surface area (Å²) in [5, 5.41) is 23.4. The van der Waals surface area contributed by atoms with Crippen molar-refractivity contribution in [2.75, 3.05) is 6.61 Å². The van der Waals surface area contributed by atoms with Gasteiger partial charge in [0.05, 0.1) is 0 Å². The van der Waals surface area contributed by atoms with Crippen molar-refractivity contribution in [1.82, 2.24) is 10.2 Å². The summed E-state index contributed by atoms with van der Waals surface area (Å²) in [6.45, 7) is 1.65. The number of H-pyrrole nitrogens is 1. The topological polar surface area (TPSA) is 86.2 Å². The van der Waals surface area contributed by atoms with Crippen molar-refractivity contribution in [3.05, 3.63) is 17.0 Å². The highest BCUT2D eigenvalue weighted by molar-refractivity contribution is 5.87. The maximum atomic E-state index is 10.5. The van der Waals surface area contributed by atoms with E-state index in [1.54, 1.807) is 6.92 Å². The summed E-state index contributed by atoms with van der Waals surface area (Å²) in [5.41, 5.74) is 1.30. The fraction of sp³-hybridized carbons (Fsp3) is 0.429. The van der Waals surface area contributed by atoms with Crippen LogP contribution in [0.1, 0.15) is 21.7 Å². The Morgan fingerprint density at radius 1 is 1.67 bits per heavy atom. The van der Waals surface area contributed by atoms with E-state index in [1.807, 2.05) is 0 Å². The van der Waals surface area contributed by atoms with Crippen LogP contribution >= 0.6 is 0 Å². The van der Waals surface area contributed by atoms with Gasteiger partial charge in [-0.05, 0) is 6.92 Å². The van der Waals surface area contributed by atoms with Gasteiger partial charge in [-0.25, -0.2) is 4.79 Å². The lowest BCUT2D eigenvalue weighted by atomic mass is 10.2. The lowest BCUT2D eigenvalue weighted by molar-refractivity contribution is 0.0689. The van der Waals surface area contributed by atoms with Gasteiger partial charge in [0.2, 0.25) is 0 Å². The predicted molar refractivity (Wildman–Crippen MR) is 41.1 cm³/mol. The Bertz CT molecular complexity index is 293. The van der Waals surface area contributed by atoms with E-state index >= 15 is 0 Å². The third-order valence-corrected chi connectivity index (χ3v) is 1.67. The molecule has 0 bridgehead atoms. The lowest BCUT2D eigenvalue weighted by Gasteiger charge is -1.93. The summed E-state index contributed by atoms with van der Waals surface area (Å²) in [6, 6.07) is 0. The smallest absolute Gasteiger partial charge is 0.356 e. The molecule has 0 spiro atoms. The van der Waals surface area contributed by atoms with E-state index < -0.39 is 5.97 Å². The second kappa shape index (κ2) is 3.36. The molecule has 1 aromatic rings. The molecule has 1 rings (SSSR count). The first kappa shape index (κ1) is 8.73. The van der Waals surface area contributed by atoms with Crippen molar-refractivity contribution in [2.45, 2.75) is 13.3 Å². The van der Waals surface area contributed by atoms with Crippen molar-refractivity contribution in [3.63, 3.8) is 0 Å². The Kier molecular flexibility index (Phi) is 2.44. The van der Waals surface area contributed by atoms with Crippen LogP contribution in [0.4, 0.5) is 0 Å². The first-order chi connectivity index (χ1) is 5.66. The minimum Gasteiger partial charge on any atom is -0.476 e. The van der Waals surface area contributed by atoms with E-state index in [4.69, 9.17) is 10.2 Å². The highest BCUT2D eigenvalue weighted by Crippen LogP contribution is 2.09. The Labute approximate surface area is 69.0 Å². The van der Waals surface area contributed by atoms with Gasteiger partial charge in [0.1, 0.15) is 0 Å². The van der Waals surface area contributed by atoms with Crippen LogP contribution in [0, 0.1) is 6.92 Å². The third kappa shape index (κ3) is 1.45. The number of aromatic nitrogens is 2.